The number of phenols is 1. The fraction of sp³-hybridized carbons (Fsp3) is 0.571. The second kappa shape index (κ2) is 6.61. The summed E-state index contributed by atoms with van der Waals surface area (Å²) in [6.45, 7) is 5.30. The smallest absolute Gasteiger partial charge is 0.162 e. The molecule has 0 spiro atoms. The molecular formula is C14H22N2O2. The number of nitrogens with one attached hydrogen (secondary N) is 1. The van der Waals surface area contributed by atoms with Crippen molar-refractivity contribution >= 4 is 0 Å². The normalized spacial score (nSPS) is 16.7. The van der Waals surface area contributed by atoms with Crippen molar-refractivity contribution < 1.29 is 9.84 Å². The number of hydrazine groups is 1. The van der Waals surface area contributed by atoms with Crippen molar-refractivity contribution in [2.45, 2.75) is 32.7 Å². The van der Waals surface area contributed by atoms with Gasteiger partial charge in [-0.05, 0) is 25.8 Å². The Morgan fingerprint density at radius 1 is 1.28 bits per heavy atom. The Hall–Kier alpha value is -1.26. The van der Waals surface area contributed by atoms with E-state index in [1.165, 1.54) is 19.3 Å². The van der Waals surface area contributed by atoms with Gasteiger partial charge in [0.2, 0.25) is 0 Å². The van der Waals surface area contributed by atoms with Crippen LogP contribution in [0.5, 0.6) is 11.5 Å². The maximum absolute atomic E-state index is 10.1. The molecule has 1 aromatic rings. The SMILES string of the molecule is CCOc1cccc(CNN2CCCCC2)c1O. The summed E-state index contributed by atoms with van der Waals surface area (Å²) in [5, 5.41) is 12.3. The van der Waals surface area contributed by atoms with Crippen LogP contribution in [0.15, 0.2) is 18.2 Å². The first-order valence-electron chi connectivity index (χ1n) is 6.73. The minimum Gasteiger partial charge on any atom is -0.504 e. The summed E-state index contributed by atoms with van der Waals surface area (Å²) in [6.07, 6.45) is 3.82. The summed E-state index contributed by atoms with van der Waals surface area (Å²) in [5.74, 6) is 0.819. The molecule has 18 heavy (non-hydrogen) atoms. The van der Waals surface area contributed by atoms with E-state index >= 15 is 0 Å². The summed E-state index contributed by atoms with van der Waals surface area (Å²) in [4.78, 5) is 0. The van der Waals surface area contributed by atoms with E-state index in [0.29, 0.717) is 18.9 Å². The molecule has 2 rings (SSSR count). The van der Waals surface area contributed by atoms with Gasteiger partial charge in [-0.1, -0.05) is 18.6 Å². The number of hydrogen-bond acceptors (Lipinski definition) is 4. The van der Waals surface area contributed by atoms with Gasteiger partial charge in [0.05, 0.1) is 6.61 Å². The van der Waals surface area contributed by atoms with E-state index in [4.69, 9.17) is 4.74 Å². The number of benzene rings is 1. The molecule has 0 radical (unpaired) electrons. The summed E-state index contributed by atoms with van der Waals surface area (Å²) in [5.41, 5.74) is 4.25. The molecule has 0 amide bonds. The maximum atomic E-state index is 10.1. The highest BCUT2D eigenvalue weighted by Gasteiger charge is 2.11. The molecule has 1 fully saturated rings. The van der Waals surface area contributed by atoms with Gasteiger partial charge in [0.15, 0.2) is 11.5 Å². The van der Waals surface area contributed by atoms with E-state index in [1.54, 1.807) is 6.07 Å². The van der Waals surface area contributed by atoms with Gasteiger partial charge in [0, 0.05) is 25.2 Å². The Kier molecular flexibility index (Phi) is 4.84. The molecule has 0 saturated carbocycles. The molecule has 4 heteroatoms. The highest BCUT2D eigenvalue weighted by molar-refractivity contribution is 5.45. The number of ether oxygens (including phenoxy) is 1. The van der Waals surface area contributed by atoms with Crippen LogP contribution in [0, 0.1) is 0 Å². The molecule has 0 aliphatic carbocycles. The Balaban J connectivity index is 1.93. The van der Waals surface area contributed by atoms with Crippen LogP contribution in [0.2, 0.25) is 0 Å². The molecule has 2 N–H and O–H groups in total. The second-order valence-corrected chi connectivity index (χ2v) is 4.58. The molecular weight excluding hydrogens is 228 g/mol. The van der Waals surface area contributed by atoms with Gasteiger partial charge in [0.25, 0.3) is 0 Å². The number of rotatable bonds is 5. The zero-order valence-electron chi connectivity index (χ0n) is 11.0. The molecule has 1 aliphatic heterocycles. The predicted octanol–water partition coefficient (Wildman–Crippen LogP) is 2.28. The Morgan fingerprint density at radius 3 is 2.78 bits per heavy atom. The Bertz CT molecular complexity index is 376. The molecule has 1 saturated heterocycles. The maximum Gasteiger partial charge on any atom is 0.162 e. The minimum atomic E-state index is 0.254. The molecule has 0 atom stereocenters. The standard InChI is InChI=1S/C14H22N2O2/c1-2-18-13-8-6-7-12(14(13)17)11-15-16-9-4-3-5-10-16/h6-8,15,17H,2-5,9-11H2,1H3. The largest absolute Gasteiger partial charge is 0.504 e. The first-order valence-corrected chi connectivity index (χ1v) is 6.73. The van der Waals surface area contributed by atoms with E-state index in [-0.39, 0.29) is 5.75 Å². The van der Waals surface area contributed by atoms with Gasteiger partial charge < -0.3 is 9.84 Å². The van der Waals surface area contributed by atoms with Crippen molar-refractivity contribution in [3.63, 3.8) is 0 Å². The molecule has 1 aliphatic rings. The Morgan fingerprint density at radius 2 is 2.06 bits per heavy atom. The van der Waals surface area contributed by atoms with Gasteiger partial charge >= 0.3 is 0 Å². The van der Waals surface area contributed by atoms with Gasteiger partial charge in [-0.25, -0.2) is 5.01 Å². The van der Waals surface area contributed by atoms with Crippen molar-refractivity contribution in [3.8, 4) is 11.5 Å². The minimum absolute atomic E-state index is 0.254. The lowest BCUT2D eigenvalue weighted by atomic mass is 10.1. The second-order valence-electron chi connectivity index (χ2n) is 4.58. The highest BCUT2D eigenvalue weighted by atomic mass is 16.5. The predicted molar refractivity (Wildman–Crippen MR) is 71.5 cm³/mol. The summed E-state index contributed by atoms with van der Waals surface area (Å²) < 4.78 is 5.38. The van der Waals surface area contributed by atoms with Crippen LogP contribution in [0.4, 0.5) is 0 Å². The van der Waals surface area contributed by atoms with E-state index in [9.17, 15) is 5.11 Å². The van der Waals surface area contributed by atoms with Crippen molar-refractivity contribution in [2.75, 3.05) is 19.7 Å². The number of phenolic OH excluding ortho intramolecular Hbond substituents is 1. The fourth-order valence-electron chi connectivity index (χ4n) is 2.23. The van der Waals surface area contributed by atoms with Crippen molar-refractivity contribution in [2.24, 2.45) is 0 Å². The number of hydrogen-bond donors (Lipinski definition) is 2. The van der Waals surface area contributed by atoms with Crippen LogP contribution in [0.25, 0.3) is 0 Å². The first-order chi connectivity index (χ1) is 8.81. The molecule has 0 unspecified atom stereocenters. The lowest BCUT2D eigenvalue weighted by Crippen LogP contribution is -2.41. The monoisotopic (exact) mass is 250 g/mol. The third-order valence-corrected chi connectivity index (χ3v) is 3.23. The van der Waals surface area contributed by atoms with Crippen molar-refractivity contribution in [1.29, 1.82) is 0 Å². The molecule has 1 aromatic carbocycles. The van der Waals surface area contributed by atoms with Gasteiger partial charge in [0.1, 0.15) is 0 Å². The quantitative estimate of drug-likeness (QED) is 0.841. The zero-order valence-corrected chi connectivity index (χ0v) is 11.0. The van der Waals surface area contributed by atoms with Gasteiger partial charge in [-0.2, -0.15) is 0 Å². The molecule has 0 bridgehead atoms. The Labute approximate surface area is 109 Å². The van der Waals surface area contributed by atoms with Gasteiger partial charge in [-0.15, -0.1) is 0 Å². The molecule has 1 heterocycles. The van der Waals surface area contributed by atoms with E-state index in [2.05, 4.69) is 10.4 Å². The van der Waals surface area contributed by atoms with E-state index in [1.807, 2.05) is 19.1 Å². The van der Waals surface area contributed by atoms with Crippen LogP contribution in [-0.4, -0.2) is 29.8 Å². The zero-order chi connectivity index (χ0) is 12.8. The highest BCUT2D eigenvalue weighted by Crippen LogP contribution is 2.29. The van der Waals surface area contributed by atoms with Gasteiger partial charge in [-0.3, -0.25) is 5.43 Å². The van der Waals surface area contributed by atoms with Crippen molar-refractivity contribution in [3.05, 3.63) is 23.8 Å². The number of piperidine rings is 1. The number of para-hydroxylation sites is 1. The van der Waals surface area contributed by atoms with Crippen LogP contribution in [-0.2, 0) is 6.54 Å². The average Bonchev–Trinajstić information content (AvgIpc) is 2.41. The number of nitrogens with zero attached hydrogens (tertiary/aromatic N) is 1. The van der Waals surface area contributed by atoms with E-state index in [0.717, 1.165) is 18.7 Å². The topological polar surface area (TPSA) is 44.7 Å². The third kappa shape index (κ3) is 3.37. The average molecular weight is 250 g/mol. The summed E-state index contributed by atoms with van der Waals surface area (Å²) in [7, 11) is 0. The van der Waals surface area contributed by atoms with Crippen LogP contribution >= 0.6 is 0 Å². The van der Waals surface area contributed by atoms with Crippen LogP contribution < -0.4 is 10.2 Å². The lowest BCUT2D eigenvalue weighted by Gasteiger charge is -2.27. The first kappa shape index (κ1) is 13.2. The fourth-order valence-corrected chi connectivity index (χ4v) is 2.23. The van der Waals surface area contributed by atoms with E-state index < -0.39 is 0 Å². The number of aromatic hydroxyl groups is 1. The lowest BCUT2D eigenvalue weighted by molar-refractivity contribution is 0.150. The van der Waals surface area contributed by atoms with Crippen molar-refractivity contribution in [1.82, 2.24) is 10.4 Å². The molecule has 4 nitrogen and oxygen atoms in total. The summed E-state index contributed by atoms with van der Waals surface area (Å²) >= 11 is 0. The van der Waals surface area contributed by atoms with Crippen LogP contribution in [0.3, 0.4) is 0 Å². The molecule has 0 aromatic heterocycles. The third-order valence-electron chi connectivity index (χ3n) is 3.23. The van der Waals surface area contributed by atoms with Crippen LogP contribution in [0.1, 0.15) is 31.7 Å². The summed E-state index contributed by atoms with van der Waals surface area (Å²) in [6, 6.07) is 5.63. The molecule has 100 valence electrons.